The maximum atomic E-state index is 12.1. The largest absolute Gasteiger partial charge is 0.377 e. The maximum Gasteiger partial charge on any atom is 0.319 e. The van der Waals surface area contributed by atoms with Crippen molar-refractivity contribution in [2.45, 2.75) is 45.8 Å². The Hall–Kier alpha value is -3.79. The van der Waals surface area contributed by atoms with Crippen molar-refractivity contribution in [3.05, 3.63) is 54.0 Å². The minimum Gasteiger partial charge on any atom is -0.377 e. The van der Waals surface area contributed by atoms with Gasteiger partial charge in [0, 0.05) is 48.3 Å². The van der Waals surface area contributed by atoms with Gasteiger partial charge in [0.15, 0.2) is 5.82 Å². The summed E-state index contributed by atoms with van der Waals surface area (Å²) in [4.78, 5) is 35.5. The highest BCUT2D eigenvalue weighted by Gasteiger charge is 2.29. The van der Waals surface area contributed by atoms with Crippen LogP contribution in [0.1, 0.15) is 32.0 Å². The Labute approximate surface area is 211 Å². The SMILES string of the molecule is CC(C)NC(=O)Nc1ccc(-c2nc3c(c(N4CCOC[C@@H]4C)n2)CCN(c2ncccn2)C3)cc1. The van der Waals surface area contributed by atoms with Crippen molar-refractivity contribution in [2.75, 3.05) is 41.4 Å². The van der Waals surface area contributed by atoms with Crippen LogP contribution in [0.2, 0.25) is 0 Å². The molecule has 1 saturated heterocycles. The maximum absolute atomic E-state index is 12.1. The molecule has 2 aliphatic rings. The highest BCUT2D eigenvalue weighted by Crippen LogP contribution is 2.32. The summed E-state index contributed by atoms with van der Waals surface area (Å²) in [7, 11) is 0. The lowest BCUT2D eigenvalue weighted by atomic mass is 10.0. The minimum atomic E-state index is -0.227. The number of fused-ring (bicyclic) bond motifs is 1. The van der Waals surface area contributed by atoms with E-state index in [1.807, 2.05) is 44.2 Å². The molecule has 1 aromatic carbocycles. The summed E-state index contributed by atoms with van der Waals surface area (Å²) in [5.41, 5.74) is 3.78. The number of carbonyl (C=O) groups excluding carboxylic acids is 1. The van der Waals surface area contributed by atoms with Crippen molar-refractivity contribution in [1.82, 2.24) is 25.3 Å². The van der Waals surface area contributed by atoms with Crippen LogP contribution in [-0.4, -0.2) is 64.4 Å². The Kier molecular flexibility index (Phi) is 6.95. The van der Waals surface area contributed by atoms with E-state index in [1.165, 1.54) is 5.56 Å². The van der Waals surface area contributed by atoms with E-state index in [1.54, 1.807) is 12.4 Å². The van der Waals surface area contributed by atoms with Gasteiger partial charge in [0.05, 0.1) is 31.5 Å². The summed E-state index contributed by atoms with van der Waals surface area (Å²) in [6.45, 7) is 9.60. The molecule has 3 aromatic rings. The molecule has 2 aliphatic heterocycles. The summed E-state index contributed by atoms with van der Waals surface area (Å²) in [5.74, 6) is 2.36. The van der Waals surface area contributed by atoms with Gasteiger partial charge in [-0.25, -0.2) is 24.7 Å². The van der Waals surface area contributed by atoms with Crippen LogP contribution in [0.3, 0.4) is 0 Å². The molecule has 188 valence electrons. The number of nitrogens with one attached hydrogen (secondary N) is 2. The number of ether oxygens (including phenoxy) is 1. The lowest BCUT2D eigenvalue weighted by Crippen LogP contribution is -2.45. The molecule has 0 unspecified atom stereocenters. The molecule has 0 radical (unpaired) electrons. The van der Waals surface area contributed by atoms with Gasteiger partial charge in [0.25, 0.3) is 0 Å². The number of amides is 2. The van der Waals surface area contributed by atoms with Crippen molar-refractivity contribution in [2.24, 2.45) is 0 Å². The monoisotopic (exact) mass is 488 g/mol. The van der Waals surface area contributed by atoms with Gasteiger partial charge in [-0.15, -0.1) is 0 Å². The average molecular weight is 489 g/mol. The molecule has 2 aromatic heterocycles. The van der Waals surface area contributed by atoms with Crippen molar-refractivity contribution in [3.63, 3.8) is 0 Å². The van der Waals surface area contributed by atoms with Gasteiger partial charge in [-0.1, -0.05) is 0 Å². The predicted molar refractivity (Wildman–Crippen MR) is 139 cm³/mol. The first kappa shape index (κ1) is 23.9. The molecule has 2 amide bonds. The van der Waals surface area contributed by atoms with E-state index in [0.717, 1.165) is 36.6 Å². The summed E-state index contributed by atoms with van der Waals surface area (Å²) in [6, 6.07) is 9.53. The molecule has 0 spiro atoms. The zero-order valence-electron chi connectivity index (χ0n) is 20.9. The normalized spacial score (nSPS) is 17.6. The highest BCUT2D eigenvalue weighted by molar-refractivity contribution is 5.89. The van der Waals surface area contributed by atoms with Gasteiger partial charge in [0.1, 0.15) is 5.82 Å². The Morgan fingerprint density at radius 2 is 1.89 bits per heavy atom. The quantitative estimate of drug-likeness (QED) is 0.564. The van der Waals surface area contributed by atoms with E-state index >= 15 is 0 Å². The summed E-state index contributed by atoms with van der Waals surface area (Å²) in [6.07, 6.45) is 4.35. The van der Waals surface area contributed by atoms with Crippen molar-refractivity contribution in [3.8, 4) is 11.4 Å². The fourth-order valence-electron chi connectivity index (χ4n) is 4.58. The Morgan fingerprint density at radius 3 is 2.61 bits per heavy atom. The average Bonchev–Trinajstić information content (AvgIpc) is 2.88. The minimum absolute atomic E-state index is 0.0648. The number of urea groups is 1. The third-order valence-electron chi connectivity index (χ3n) is 6.34. The number of aromatic nitrogens is 4. The molecule has 1 fully saturated rings. The smallest absolute Gasteiger partial charge is 0.319 e. The number of nitrogens with zero attached hydrogens (tertiary/aromatic N) is 6. The van der Waals surface area contributed by atoms with Crippen molar-refractivity contribution < 1.29 is 9.53 Å². The Balaban J connectivity index is 1.47. The van der Waals surface area contributed by atoms with Gasteiger partial charge in [-0.2, -0.15) is 0 Å². The van der Waals surface area contributed by atoms with E-state index in [0.29, 0.717) is 37.2 Å². The number of benzene rings is 1. The van der Waals surface area contributed by atoms with Crippen LogP contribution in [0.15, 0.2) is 42.7 Å². The van der Waals surface area contributed by atoms with Crippen LogP contribution in [0.5, 0.6) is 0 Å². The number of morpholine rings is 1. The van der Waals surface area contributed by atoms with E-state index in [4.69, 9.17) is 14.7 Å². The molecular weight excluding hydrogens is 456 g/mol. The lowest BCUT2D eigenvalue weighted by Gasteiger charge is -2.37. The van der Waals surface area contributed by atoms with Crippen LogP contribution in [-0.2, 0) is 17.7 Å². The van der Waals surface area contributed by atoms with Crippen LogP contribution >= 0.6 is 0 Å². The van der Waals surface area contributed by atoms with Crippen LogP contribution in [0.25, 0.3) is 11.4 Å². The molecule has 10 heteroatoms. The molecule has 0 aliphatic carbocycles. The summed E-state index contributed by atoms with van der Waals surface area (Å²) < 4.78 is 5.69. The van der Waals surface area contributed by atoms with Gasteiger partial charge in [-0.3, -0.25) is 0 Å². The first-order chi connectivity index (χ1) is 17.5. The molecule has 4 heterocycles. The van der Waals surface area contributed by atoms with Gasteiger partial charge >= 0.3 is 6.03 Å². The number of hydrogen-bond acceptors (Lipinski definition) is 8. The second-order valence-electron chi connectivity index (χ2n) is 9.46. The zero-order valence-corrected chi connectivity index (χ0v) is 20.9. The number of hydrogen-bond donors (Lipinski definition) is 2. The fraction of sp³-hybridized carbons (Fsp3) is 0.423. The van der Waals surface area contributed by atoms with Gasteiger partial charge in [-0.05, 0) is 57.5 Å². The molecule has 36 heavy (non-hydrogen) atoms. The third kappa shape index (κ3) is 5.23. The number of anilines is 3. The lowest BCUT2D eigenvalue weighted by molar-refractivity contribution is 0.0984. The van der Waals surface area contributed by atoms with Gasteiger partial charge < -0.3 is 25.2 Å². The molecule has 0 bridgehead atoms. The van der Waals surface area contributed by atoms with Crippen molar-refractivity contribution >= 4 is 23.5 Å². The van der Waals surface area contributed by atoms with E-state index in [9.17, 15) is 4.79 Å². The van der Waals surface area contributed by atoms with Crippen LogP contribution in [0.4, 0.5) is 22.2 Å². The second kappa shape index (κ2) is 10.4. The standard InChI is InChI=1S/C26H32N8O2/c1-17(2)29-26(35)30-20-7-5-19(6-8-20)23-31-22-15-33(25-27-10-4-11-28-25)12-9-21(22)24(32-23)34-13-14-36-16-18(34)3/h4-8,10-11,17-18H,9,12-16H2,1-3H3,(H2,29,30,35)/t18-/m0/s1. The molecular formula is C26H32N8O2. The Morgan fingerprint density at radius 1 is 1.11 bits per heavy atom. The Bertz CT molecular complexity index is 1200. The van der Waals surface area contributed by atoms with Crippen molar-refractivity contribution in [1.29, 1.82) is 0 Å². The molecule has 2 N–H and O–H groups in total. The first-order valence-corrected chi connectivity index (χ1v) is 12.4. The highest BCUT2D eigenvalue weighted by atomic mass is 16.5. The second-order valence-corrected chi connectivity index (χ2v) is 9.46. The molecule has 1 atom stereocenters. The van der Waals surface area contributed by atoms with Gasteiger partial charge in [0.2, 0.25) is 5.95 Å². The number of rotatable bonds is 5. The molecule has 0 saturated carbocycles. The summed E-state index contributed by atoms with van der Waals surface area (Å²) >= 11 is 0. The molecule has 5 rings (SSSR count). The third-order valence-corrected chi connectivity index (χ3v) is 6.34. The zero-order chi connectivity index (χ0) is 25.1. The topological polar surface area (TPSA) is 108 Å². The molecule has 10 nitrogen and oxygen atoms in total. The first-order valence-electron chi connectivity index (χ1n) is 12.4. The van der Waals surface area contributed by atoms with E-state index < -0.39 is 0 Å². The fourth-order valence-corrected chi connectivity index (χ4v) is 4.58. The van der Waals surface area contributed by atoms with Crippen LogP contribution < -0.4 is 20.4 Å². The van der Waals surface area contributed by atoms with Crippen LogP contribution in [0, 0.1) is 0 Å². The predicted octanol–water partition coefficient (Wildman–Crippen LogP) is 3.25. The number of carbonyl (C=O) groups is 1. The summed E-state index contributed by atoms with van der Waals surface area (Å²) in [5, 5.41) is 5.69. The van der Waals surface area contributed by atoms with E-state index in [-0.39, 0.29) is 18.1 Å². The van der Waals surface area contributed by atoms with E-state index in [2.05, 4.69) is 37.3 Å².